The molecular formula is C25H26F3N5O4. The second-order valence-electron chi connectivity index (χ2n) is 9.67. The lowest BCUT2D eigenvalue weighted by Gasteiger charge is -2.24. The van der Waals surface area contributed by atoms with Gasteiger partial charge in [0.05, 0.1) is 17.1 Å². The van der Waals surface area contributed by atoms with Crippen molar-refractivity contribution in [3.05, 3.63) is 60.0 Å². The Morgan fingerprint density at radius 2 is 1.78 bits per heavy atom. The van der Waals surface area contributed by atoms with Crippen molar-refractivity contribution in [2.45, 2.75) is 44.7 Å². The molecule has 1 fully saturated rings. The van der Waals surface area contributed by atoms with Gasteiger partial charge in [0.2, 0.25) is 0 Å². The lowest BCUT2D eigenvalue weighted by atomic mass is 9.93. The van der Waals surface area contributed by atoms with E-state index in [0.29, 0.717) is 22.2 Å². The van der Waals surface area contributed by atoms with Gasteiger partial charge in [0.25, 0.3) is 5.91 Å². The molecule has 0 radical (unpaired) electrons. The number of hydrogen-bond donors (Lipinski definition) is 2. The molecule has 2 aromatic carbocycles. The van der Waals surface area contributed by atoms with E-state index in [-0.39, 0.29) is 36.4 Å². The summed E-state index contributed by atoms with van der Waals surface area (Å²) in [7, 11) is 0. The van der Waals surface area contributed by atoms with Gasteiger partial charge in [0.1, 0.15) is 17.7 Å². The summed E-state index contributed by atoms with van der Waals surface area (Å²) >= 11 is 0. The predicted octanol–water partition coefficient (Wildman–Crippen LogP) is 4.44. The van der Waals surface area contributed by atoms with Crippen LogP contribution in [0.5, 0.6) is 5.75 Å². The molecule has 196 valence electrons. The van der Waals surface area contributed by atoms with Crippen LogP contribution in [0.1, 0.15) is 42.6 Å². The van der Waals surface area contributed by atoms with E-state index >= 15 is 0 Å². The first kappa shape index (κ1) is 26.0. The van der Waals surface area contributed by atoms with Crippen molar-refractivity contribution in [1.82, 2.24) is 14.9 Å². The number of amides is 2. The lowest BCUT2D eigenvalue weighted by molar-refractivity contribution is -0.274. The van der Waals surface area contributed by atoms with Crippen LogP contribution in [-0.2, 0) is 4.74 Å². The number of anilines is 1. The summed E-state index contributed by atoms with van der Waals surface area (Å²) in [5, 5.41) is 3.96. The molecule has 2 atom stereocenters. The van der Waals surface area contributed by atoms with Crippen LogP contribution in [-0.4, -0.2) is 58.0 Å². The summed E-state index contributed by atoms with van der Waals surface area (Å²) in [6.45, 7) is 5.81. The summed E-state index contributed by atoms with van der Waals surface area (Å²) in [5.74, 6) is -1.28. The van der Waals surface area contributed by atoms with Crippen molar-refractivity contribution in [1.29, 1.82) is 0 Å². The lowest BCUT2D eigenvalue weighted by Crippen LogP contribution is -2.36. The van der Waals surface area contributed by atoms with Crippen LogP contribution in [0.4, 0.5) is 23.7 Å². The van der Waals surface area contributed by atoms with Gasteiger partial charge in [0.15, 0.2) is 0 Å². The first-order valence-corrected chi connectivity index (χ1v) is 11.4. The maximum Gasteiger partial charge on any atom is 0.573 e. The van der Waals surface area contributed by atoms with Crippen LogP contribution in [0.3, 0.4) is 0 Å². The molecule has 1 saturated heterocycles. The van der Waals surface area contributed by atoms with Gasteiger partial charge in [-0.05, 0) is 50.6 Å². The Labute approximate surface area is 210 Å². The number of hydrogen-bond acceptors (Lipinski definition) is 7. The molecule has 1 aliphatic heterocycles. The molecule has 9 nitrogen and oxygen atoms in total. The minimum absolute atomic E-state index is 0.238. The highest BCUT2D eigenvalue weighted by molar-refractivity contribution is 6.07. The predicted molar refractivity (Wildman–Crippen MR) is 129 cm³/mol. The summed E-state index contributed by atoms with van der Waals surface area (Å²) in [5.41, 5.74) is 6.71. The zero-order valence-electron chi connectivity index (χ0n) is 20.4. The summed E-state index contributed by atoms with van der Waals surface area (Å²) < 4.78 is 47.3. The molecule has 4 rings (SSSR count). The van der Waals surface area contributed by atoms with Crippen molar-refractivity contribution in [2.75, 3.05) is 18.4 Å². The SMILES string of the molecule is CC(C)(C)OC(=O)N1CC(Nc2ccc(C(N)=O)c3ncncc23)C(c2ccc(OC(F)(F)F)cc2)C1. The van der Waals surface area contributed by atoms with Gasteiger partial charge < -0.3 is 25.4 Å². The maximum atomic E-state index is 12.8. The number of primary amides is 1. The molecular weight excluding hydrogens is 491 g/mol. The van der Waals surface area contributed by atoms with Gasteiger partial charge in [0, 0.05) is 36.3 Å². The molecule has 1 aliphatic rings. The first-order valence-electron chi connectivity index (χ1n) is 11.4. The molecule has 2 heterocycles. The Kier molecular flexibility index (Phi) is 6.85. The minimum Gasteiger partial charge on any atom is -0.444 e. The summed E-state index contributed by atoms with van der Waals surface area (Å²) in [6.07, 6.45) is -2.44. The van der Waals surface area contributed by atoms with Crippen molar-refractivity contribution < 1.29 is 32.2 Å². The van der Waals surface area contributed by atoms with Gasteiger partial charge in [-0.1, -0.05) is 12.1 Å². The number of nitrogens with two attached hydrogens (primary N) is 1. The number of nitrogens with zero attached hydrogens (tertiary/aromatic N) is 3. The van der Waals surface area contributed by atoms with Crippen LogP contribution in [0.25, 0.3) is 10.9 Å². The van der Waals surface area contributed by atoms with E-state index in [1.54, 1.807) is 44.0 Å². The number of likely N-dealkylation sites (tertiary alicyclic amines) is 1. The summed E-state index contributed by atoms with van der Waals surface area (Å²) in [4.78, 5) is 34.5. The third-order valence-electron chi connectivity index (χ3n) is 5.79. The quantitative estimate of drug-likeness (QED) is 0.513. The molecule has 0 spiro atoms. The zero-order valence-corrected chi connectivity index (χ0v) is 20.4. The van der Waals surface area contributed by atoms with Gasteiger partial charge >= 0.3 is 12.5 Å². The van der Waals surface area contributed by atoms with E-state index in [0.717, 1.165) is 0 Å². The van der Waals surface area contributed by atoms with Gasteiger partial charge in [-0.2, -0.15) is 0 Å². The standard InChI is InChI=1S/C25H26F3N5O4/c1-24(2,3)37-23(35)33-11-18(14-4-6-15(7-5-14)36-25(26,27)28)20(12-33)32-19-9-8-16(22(29)34)21-17(19)10-30-13-31-21/h4-10,13,18,20,32H,11-12H2,1-3H3,(H2,29,34). The fourth-order valence-electron chi connectivity index (χ4n) is 4.28. The highest BCUT2D eigenvalue weighted by Gasteiger charge is 2.38. The molecule has 2 amide bonds. The number of benzene rings is 2. The number of carbonyl (C=O) groups is 2. The van der Waals surface area contributed by atoms with E-state index in [1.165, 1.54) is 30.6 Å². The molecule has 3 N–H and O–H groups in total. The van der Waals surface area contributed by atoms with Crippen molar-refractivity contribution in [2.24, 2.45) is 5.73 Å². The molecule has 1 aromatic heterocycles. The smallest absolute Gasteiger partial charge is 0.444 e. The number of nitrogens with one attached hydrogen (secondary N) is 1. The van der Waals surface area contributed by atoms with Crippen molar-refractivity contribution in [3.63, 3.8) is 0 Å². The monoisotopic (exact) mass is 517 g/mol. The van der Waals surface area contributed by atoms with Crippen LogP contribution in [0.15, 0.2) is 48.9 Å². The van der Waals surface area contributed by atoms with Crippen LogP contribution >= 0.6 is 0 Å². The number of alkyl halides is 3. The highest BCUT2D eigenvalue weighted by Crippen LogP contribution is 2.34. The van der Waals surface area contributed by atoms with E-state index in [9.17, 15) is 22.8 Å². The normalized spacial score (nSPS) is 18.1. The number of fused-ring (bicyclic) bond motifs is 1. The fraction of sp³-hybridized carbons (Fsp3) is 0.360. The van der Waals surface area contributed by atoms with E-state index in [4.69, 9.17) is 10.5 Å². The minimum atomic E-state index is -4.80. The van der Waals surface area contributed by atoms with Gasteiger partial charge in [-0.3, -0.25) is 4.79 Å². The van der Waals surface area contributed by atoms with Crippen molar-refractivity contribution >= 4 is 28.6 Å². The fourth-order valence-corrected chi connectivity index (χ4v) is 4.28. The molecule has 2 unspecified atom stereocenters. The Morgan fingerprint density at radius 1 is 1.08 bits per heavy atom. The molecule has 37 heavy (non-hydrogen) atoms. The molecule has 0 saturated carbocycles. The third-order valence-corrected chi connectivity index (χ3v) is 5.79. The largest absolute Gasteiger partial charge is 0.573 e. The molecule has 0 aliphatic carbocycles. The third kappa shape index (κ3) is 6.19. The number of carbonyl (C=O) groups excluding carboxylic acids is 2. The molecule has 3 aromatic rings. The molecule has 0 bridgehead atoms. The van der Waals surface area contributed by atoms with E-state index in [1.807, 2.05) is 0 Å². The zero-order chi connectivity index (χ0) is 27.0. The van der Waals surface area contributed by atoms with Crippen LogP contribution in [0, 0.1) is 0 Å². The number of aromatic nitrogens is 2. The first-order chi connectivity index (χ1) is 17.3. The van der Waals surface area contributed by atoms with E-state index in [2.05, 4.69) is 20.0 Å². The Hall–Kier alpha value is -4.09. The Bertz CT molecular complexity index is 1310. The average Bonchev–Trinajstić information content (AvgIpc) is 3.21. The molecule has 12 heteroatoms. The number of ether oxygens (including phenoxy) is 2. The van der Waals surface area contributed by atoms with Crippen LogP contribution in [0.2, 0.25) is 0 Å². The van der Waals surface area contributed by atoms with Crippen LogP contribution < -0.4 is 15.8 Å². The highest BCUT2D eigenvalue weighted by atomic mass is 19.4. The number of halogens is 3. The Balaban J connectivity index is 1.66. The second kappa shape index (κ2) is 9.75. The summed E-state index contributed by atoms with van der Waals surface area (Å²) in [6, 6.07) is 8.43. The van der Waals surface area contributed by atoms with Gasteiger partial charge in [-0.15, -0.1) is 13.2 Å². The van der Waals surface area contributed by atoms with Gasteiger partial charge in [-0.25, -0.2) is 14.8 Å². The van der Waals surface area contributed by atoms with Crippen molar-refractivity contribution in [3.8, 4) is 5.75 Å². The Morgan fingerprint density at radius 3 is 2.41 bits per heavy atom. The topological polar surface area (TPSA) is 120 Å². The average molecular weight is 518 g/mol. The number of rotatable bonds is 5. The second-order valence-corrected chi connectivity index (χ2v) is 9.67. The van der Waals surface area contributed by atoms with E-state index < -0.39 is 24.0 Å². The maximum absolute atomic E-state index is 12.8.